The topological polar surface area (TPSA) is 115 Å². The minimum absolute atomic E-state index is 0.0732. The maximum absolute atomic E-state index is 13.2. The van der Waals surface area contributed by atoms with Crippen LogP contribution in [-0.2, 0) is 9.53 Å². The van der Waals surface area contributed by atoms with Crippen molar-refractivity contribution in [2.75, 3.05) is 6.61 Å². The molecule has 3 rings (SSSR count). The molecule has 1 unspecified atom stereocenters. The minimum atomic E-state index is -1.59. The molecular weight excluding hydrogens is 374 g/mol. The highest BCUT2D eigenvalue weighted by Gasteiger charge is 2.35. The predicted octanol–water partition coefficient (Wildman–Crippen LogP) is 3.46. The van der Waals surface area contributed by atoms with Gasteiger partial charge in [-0.25, -0.2) is 0 Å². The fraction of sp³-hybridized carbons (Fsp3) is 0.190. The van der Waals surface area contributed by atoms with Crippen molar-refractivity contribution in [1.82, 2.24) is 4.57 Å². The van der Waals surface area contributed by atoms with Crippen molar-refractivity contribution in [1.29, 1.82) is 5.26 Å². The van der Waals surface area contributed by atoms with Crippen LogP contribution in [0.4, 0.5) is 5.69 Å². The van der Waals surface area contributed by atoms with E-state index in [1.165, 1.54) is 4.57 Å². The Labute approximate surface area is 165 Å². The second kappa shape index (κ2) is 8.35. The lowest BCUT2D eigenvalue weighted by molar-refractivity contribution is -0.387. The highest BCUT2D eigenvalue weighted by Crippen LogP contribution is 2.33. The zero-order valence-corrected chi connectivity index (χ0v) is 15.6. The maximum atomic E-state index is 13.2. The van der Waals surface area contributed by atoms with Gasteiger partial charge in [0, 0.05) is 11.1 Å². The molecule has 0 radical (unpaired) electrons. The van der Waals surface area contributed by atoms with Gasteiger partial charge in [0.1, 0.15) is 0 Å². The number of pyridine rings is 1. The van der Waals surface area contributed by atoms with E-state index < -0.39 is 28.1 Å². The van der Waals surface area contributed by atoms with Gasteiger partial charge in [0.25, 0.3) is 0 Å². The minimum Gasteiger partial charge on any atom is -0.464 e. The number of benzene rings is 2. The van der Waals surface area contributed by atoms with Gasteiger partial charge in [0.15, 0.2) is 5.92 Å². The lowest BCUT2D eigenvalue weighted by Gasteiger charge is -2.16. The van der Waals surface area contributed by atoms with Crippen LogP contribution in [0.3, 0.4) is 0 Å². The third-order valence-electron chi connectivity index (χ3n) is 4.39. The molecule has 8 nitrogen and oxygen atoms in total. The molecular formula is C21H17N3O5. The van der Waals surface area contributed by atoms with Gasteiger partial charge in [-0.15, -0.1) is 0 Å². The van der Waals surface area contributed by atoms with Crippen LogP contribution >= 0.6 is 0 Å². The van der Waals surface area contributed by atoms with E-state index in [9.17, 15) is 25.0 Å². The third-order valence-corrected chi connectivity index (χ3v) is 4.39. The number of hydrogen-bond acceptors (Lipinski definition) is 6. The average molecular weight is 391 g/mol. The van der Waals surface area contributed by atoms with Crippen LogP contribution in [0.2, 0.25) is 0 Å². The number of nitriles is 1. The van der Waals surface area contributed by atoms with Crippen LogP contribution in [0.1, 0.15) is 24.8 Å². The predicted molar refractivity (Wildman–Crippen MR) is 106 cm³/mol. The molecule has 29 heavy (non-hydrogen) atoms. The zero-order valence-electron chi connectivity index (χ0n) is 15.6. The van der Waals surface area contributed by atoms with E-state index >= 15 is 0 Å². The van der Waals surface area contributed by atoms with Crippen molar-refractivity contribution in [3.63, 3.8) is 0 Å². The monoisotopic (exact) mass is 391 g/mol. The van der Waals surface area contributed by atoms with Crippen LogP contribution < -0.4 is 5.56 Å². The van der Waals surface area contributed by atoms with Crippen LogP contribution in [-0.4, -0.2) is 22.1 Å². The smallest absolute Gasteiger partial charge is 0.340 e. The summed E-state index contributed by atoms with van der Waals surface area (Å²) >= 11 is 0. The molecule has 0 N–H and O–H groups in total. The highest BCUT2D eigenvalue weighted by atomic mass is 16.6. The molecule has 0 aliphatic heterocycles. The summed E-state index contributed by atoms with van der Waals surface area (Å²) in [5.74, 6) is -2.51. The third kappa shape index (κ3) is 3.58. The Morgan fingerprint density at radius 2 is 1.86 bits per heavy atom. The van der Waals surface area contributed by atoms with Gasteiger partial charge in [-0.2, -0.15) is 5.26 Å². The largest absolute Gasteiger partial charge is 0.464 e. The zero-order chi connectivity index (χ0) is 21.0. The standard InChI is InChI=1S/C21H17N3O5/c1-2-12-29-21(26)16(13-22)18-15-10-6-7-11-17(15)23(14-8-4-3-5-9-14)20(25)19(18)24(27)28/h3-11,16H,2,12H2,1H3. The fourth-order valence-electron chi connectivity index (χ4n) is 3.18. The van der Waals surface area contributed by atoms with Gasteiger partial charge < -0.3 is 4.74 Å². The van der Waals surface area contributed by atoms with Crippen LogP contribution in [0.25, 0.3) is 16.6 Å². The summed E-state index contributed by atoms with van der Waals surface area (Å²) in [6, 6.07) is 16.7. The maximum Gasteiger partial charge on any atom is 0.340 e. The van der Waals surface area contributed by atoms with Crippen molar-refractivity contribution in [3.8, 4) is 11.8 Å². The van der Waals surface area contributed by atoms with Gasteiger partial charge in [0.05, 0.1) is 28.7 Å². The molecule has 0 aliphatic carbocycles. The lowest BCUT2D eigenvalue weighted by atomic mass is 9.94. The van der Waals surface area contributed by atoms with Crippen molar-refractivity contribution in [2.45, 2.75) is 19.3 Å². The molecule has 0 saturated heterocycles. The van der Waals surface area contributed by atoms with Crippen LogP contribution in [0.5, 0.6) is 0 Å². The number of hydrogen-bond donors (Lipinski definition) is 0. The molecule has 146 valence electrons. The first-order valence-corrected chi connectivity index (χ1v) is 8.95. The lowest BCUT2D eigenvalue weighted by Crippen LogP contribution is -2.26. The summed E-state index contributed by atoms with van der Waals surface area (Å²) in [5.41, 5.74) is -1.18. The first-order valence-electron chi connectivity index (χ1n) is 8.95. The number of nitrogens with zero attached hydrogens (tertiary/aromatic N) is 3. The molecule has 2 aromatic carbocycles. The molecule has 0 spiro atoms. The van der Waals surface area contributed by atoms with E-state index in [0.717, 1.165) is 0 Å². The Morgan fingerprint density at radius 3 is 2.48 bits per heavy atom. The SMILES string of the molecule is CCCOC(=O)C(C#N)c1c([N+](=O)[O-])c(=O)n(-c2ccccc2)c2ccccc12. The number of rotatable bonds is 6. The van der Waals surface area contributed by atoms with Gasteiger partial charge in [-0.1, -0.05) is 43.3 Å². The highest BCUT2D eigenvalue weighted by molar-refractivity contribution is 5.94. The first-order chi connectivity index (χ1) is 14.0. The molecule has 0 amide bonds. The summed E-state index contributed by atoms with van der Waals surface area (Å²) < 4.78 is 6.26. The molecule has 1 heterocycles. The Bertz CT molecular complexity index is 1180. The van der Waals surface area contributed by atoms with E-state index in [1.807, 2.05) is 0 Å². The number of fused-ring (bicyclic) bond motifs is 1. The van der Waals surface area contributed by atoms with Crippen molar-refractivity contribution >= 4 is 22.6 Å². The summed E-state index contributed by atoms with van der Waals surface area (Å²) in [6.45, 7) is 1.86. The number of carbonyl (C=O) groups excluding carboxylic acids is 1. The molecule has 8 heteroatoms. The van der Waals surface area contributed by atoms with Gasteiger partial charge in [0.2, 0.25) is 0 Å². The molecule has 0 bridgehead atoms. The summed E-state index contributed by atoms with van der Waals surface area (Å²) in [7, 11) is 0. The quantitative estimate of drug-likeness (QED) is 0.361. The Hall–Kier alpha value is -3.99. The first kappa shape index (κ1) is 19.8. The van der Waals surface area contributed by atoms with Gasteiger partial charge in [-0.05, 0) is 24.6 Å². The van der Waals surface area contributed by atoms with Gasteiger partial charge >= 0.3 is 17.2 Å². The molecule has 0 aliphatic rings. The number of carbonyl (C=O) groups is 1. The second-order valence-corrected chi connectivity index (χ2v) is 6.24. The van der Waals surface area contributed by atoms with Crippen molar-refractivity contribution < 1.29 is 14.5 Å². The fourth-order valence-corrected chi connectivity index (χ4v) is 3.18. The number of ether oxygens (including phenoxy) is 1. The normalized spacial score (nSPS) is 11.6. The average Bonchev–Trinajstić information content (AvgIpc) is 2.73. The van der Waals surface area contributed by atoms with Crippen molar-refractivity contribution in [2.24, 2.45) is 0 Å². The molecule has 1 atom stereocenters. The Balaban J connectivity index is 2.42. The molecule has 1 aromatic heterocycles. The van der Waals surface area contributed by atoms with E-state index in [0.29, 0.717) is 17.6 Å². The van der Waals surface area contributed by atoms with Crippen LogP contribution in [0.15, 0.2) is 59.4 Å². The Kier molecular flexibility index (Phi) is 5.69. The van der Waals surface area contributed by atoms with Crippen LogP contribution in [0, 0.1) is 21.4 Å². The number of esters is 1. The number of aromatic nitrogens is 1. The summed E-state index contributed by atoms with van der Waals surface area (Å²) in [5, 5.41) is 21.7. The molecule has 3 aromatic rings. The Morgan fingerprint density at radius 1 is 1.21 bits per heavy atom. The molecule has 0 saturated carbocycles. The van der Waals surface area contributed by atoms with E-state index in [4.69, 9.17) is 4.74 Å². The van der Waals surface area contributed by atoms with E-state index in [1.54, 1.807) is 67.6 Å². The van der Waals surface area contributed by atoms with Gasteiger partial charge in [-0.3, -0.25) is 24.3 Å². The number of para-hydroxylation sites is 2. The summed E-state index contributed by atoms with van der Waals surface area (Å²) in [6.07, 6.45) is 0.530. The van der Waals surface area contributed by atoms with Crippen molar-refractivity contribution in [3.05, 3.63) is 80.6 Å². The van der Waals surface area contributed by atoms with E-state index in [2.05, 4.69) is 0 Å². The summed E-state index contributed by atoms with van der Waals surface area (Å²) in [4.78, 5) is 36.6. The second-order valence-electron chi connectivity index (χ2n) is 6.24. The number of nitro groups is 1. The molecule has 0 fully saturated rings. The van der Waals surface area contributed by atoms with E-state index in [-0.39, 0.29) is 17.6 Å².